The van der Waals surface area contributed by atoms with E-state index < -0.39 is 0 Å². The molecule has 1 atom stereocenters. The molecule has 0 heterocycles. The van der Waals surface area contributed by atoms with E-state index in [1.807, 2.05) is 25.7 Å². The smallest absolute Gasteiger partial charge is 0.239 e. The summed E-state index contributed by atoms with van der Waals surface area (Å²) in [6.07, 6.45) is 2.28. The highest BCUT2D eigenvalue weighted by atomic mass is 16.2. The molecule has 1 aromatic carbocycles. The first-order valence-electron chi connectivity index (χ1n) is 8.16. The molecule has 3 heteroatoms. The van der Waals surface area contributed by atoms with Crippen LogP contribution < -0.4 is 5.32 Å². The lowest BCUT2D eigenvalue weighted by molar-refractivity contribution is -0.133. The minimum absolute atomic E-state index is 0.0751. The van der Waals surface area contributed by atoms with Gasteiger partial charge in [-0.15, -0.1) is 0 Å². The van der Waals surface area contributed by atoms with Crippen molar-refractivity contribution >= 4 is 5.91 Å². The van der Waals surface area contributed by atoms with Gasteiger partial charge in [-0.25, -0.2) is 0 Å². The number of rotatable bonds is 6. The van der Waals surface area contributed by atoms with Crippen molar-refractivity contribution in [2.45, 2.75) is 58.5 Å². The van der Waals surface area contributed by atoms with Crippen LogP contribution in [0, 0.1) is 6.92 Å². The molecule has 1 aliphatic rings. The number of benzene rings is 1. The van der Waals surface area contributed by atoms with Gasteiger partial charge in [0.1, 0.15) is 0 Å². The Bertz CT molecular complexity index is 459. The lowest BCUT2D eigenvalue weighted by Crippen LogP contribution is -2.51. The maximum atomic E-state index is 12.2. The summed E-state index contributed by atoms with van der Waals surface area (Å²) in [6, 6.07) is 9.24. The highest BCUT2D eigenvalue weighted by Crippen LogP contribution is 2.37. The van der Waals surface area contributed by atoms with E-state index in [0.717, 1.165) is 25.9 Å². The molecule has 0 bridgehead atoms. The van der Waals surface area contributed by atoms with E-state index >= 15 is 0 Å². The lowest BCUT2D eigenvalue weighted by atomic mass is 9.75. The molecule has 0 radical (unpaired) electrons. The van der Waals surface area contributed by atoms with Crippen molar-refractivity contribution in [3.8, 4) is 0 Å². The molecule has 1 amide bonds. The number of amides is 1. The Labute approximate surface area is 128 Å². The van der Waals surface area contributed by atoms with Crippen LogP contribution in [0.2, 0.25) is 0 Å². The van der Waals surface area contributed by atoms with Crippen molar-refractivity contribution in [1.29, 1.82) is 0 Å². The van der Waals surface area contributed by atoms with Gasteiger partial charge in [-0.2, -0.15) is 0 Å². The maximum absolute atomic E-state index is 12.2. The van der Waals surface area contributed by atoms with Crippen LogP contribution in [0.15, 0.2) is 24.3 Å². The highest BCUT2D eigenvalue weighted by Gasteiger charge is 2.32. The minimum atomic E-state index is -0.0751. The van der Waals surface area contributed by atoms with Gasteiger partial charge in [-0.05, 0) is 52.0 Å². The van der Waals surface area contributed by atoms with Gasteiger partial charge >= 0.3 is 0 Å². The summed E-state index contributed by atoms with van der Waals surface area (Å²) >= 11 is 0. The van der Waals surface area contributed by atoms with E-state index in [-0.39, 0.29) is 11.9 Å². The normalized spacial score (nSPS) is 22.5. The third-order valence-electron chi connectivity index (χ3n) is 4.62. The summed E-state index contributed by atoms with van der Waals surface area (Å²) in [4.78, 5) is 14.1. The van der Waals surface area contributed by atoms with Crippen molar-refractivity contribution in [2.24, 2.45) is 0 Å². The average Bonchev–Trinajstić information content (AvgIpc) is 2.44. The average molecular weight is 288 g/mol. The molecule has 116 valence electrons. The van der Waals surface area contributed by atoms with Crippen LogP contribution in [-0.4, -0.2) is 36.0 Å². The zero-order valence-electron chi connectivity index (χ0n) is 13.7. The molecule has 21 heavy (non-hydrogen) atoms. The van der Waals surface area contributed by atoms with E-state index in [9.17, 15) is 4.79 Å². The Morgan fingerprint density at radius 3 is 2.33 bits per heavy atom. The highest BCUT2D eigenvalue weighted by molar-refractivity contribution is 5.81. The molecule has 0 aromatic heterocycles. The molecule has 1 aliphatic carbocycles. The quantitative estimate of drug-likeness (QED) is 0.872. The summed E-state index contributed by atoms with van der Waals surface area (Å²) in [7, 11) is 0. The summed E-state index contributed by atoms with van der Waals surface area (Å²) in [5.74, 6) is 0.873. The molecule has 1 N–H and O–H groups in total. The van der Waals surface area contributed by atoms with Crippen molar-refractivity contribution < 1.29 is 4.79 Å². The van der Waals surface area contributed by atoms with Crippen LogP contribution in [0.5, 0.6) is 0 Å². The molecule has 0 aliphatic heterocycles. The Hall–Kier alpha value is -1.35. The van der Waals surface area contributed by atoms with E-state index in [0.29, 0.717) is 12.0 Å². The lowest BCUT2D eigenvalue weighted by Gasteiger charge is -2.38. The van der Waals surface area contributed by atoms with E-state index in [1.54, 1.807) is 0 Å². The molecule has 1 aromatic rings. The number of hydrogen-bond donors (Lipinski definition) is 1. The molecular weight excluding hydrogens is 260 g/mol. The van der Waals surface area contributed by atoms with Gasteiger partial charge < -0.3 is 10.2 Å². The monoisotopic (exact) mass is 288 g/mol. The van der Waals surface area contributed by atoms with E-state index in [4.69, 9.17) is 0 Å². The molecule has 3 nitrogen and oxygen atoms in total. The first kappa shape index (κ1) is 16.0. The predicted octanol–water partition coefficient (Wildman–Crippen LogP) is 3.09. The van der Waals surface area contributed by atoms with Crippen LogP contribution in [0.4, 0.5) is 0 Å². The number of likely N-dealkylation sites (N-methyl/N-ethyl adjacent to an activating group) is 1. The second-order valence-corrected chi connectivity index (χ2v) is 6.17. The fraction of sp³-hybridized carbons (Fsp3) is 0.611. The van der Waals surface area contributed by atoms with Crippen LogP contribution >= 0.6 is 0 Å². The number of nitrogens with zero attached hydrogens (tertiary/aromatic N) is 1. The number of aryl methyl sites for hydroxylation is 1. The molecule has 0 saturated heterocycles. The Morgan fingerprint density at radius 2 is 1.81 bits per heavy atom. The van der Waals surface area contributed by atoms with Gasteiger partial charge in [0.25, 0.3) is 0 Å². The van der Waals surface area contributed by atoms with Crippen molar-refractivity contribution in [3.63, 3.8) is 0 Å². The first-order chi connectivity index (χ1) is 10.0. The van der Waals surface area contributed by atoms with Gasteiger partial charge in [0.2, 0.25) is 5.91 Å². The summed E-state index contributed by atoms with van der Waals surface area (Å²) in [5, 5.41) is 3.49. The third-order valence-corrected chi connectivity index (χ3v) is 4.62. The molecule has 1 fully saturated rings. The largest absolute Gasteiger partial charge is 0.342 e. The molecule has 2 rings (SSSR count). The second-order valence-electron chi connectivity index (χ2n) is 6.17. The number of carbonyl (C=O) groups is 1. The SMILES string of the molecule is CCN(CC)C(=O)C(C)NC1CC(c2ccc(C)cc2)C1. The van der Waals surface area contributed by atoms with Crippen molar-refractivity contribution in [3.05, 3.63) is 35.4 Å². The van der Waals surface area contributed by atoms with Crippen LogP contribution in [-0.2, 0) is 4.79 Å². The van der Waals surface area contributed by atoms with Gasteiger partial charge in [0.15, 0.2) is 0 Å². The number of hydrogen-bond acceptors (Lipinski definition) is 2. The fourth-order valence-electron chi connectivity index (χ4n) is 3.10. The number of nitrogens with one attached hydrogen (secondary N) is 1. The van der Waals surface area contributed by atoms with Crippen molar-refractivity contribution in [2.75, 3.05) is 13.1 Å². The summed E-state index contributed by atoms with van der Waals surface area (Å²) in [5.41, 5.74) is 2.74. The summed E-state index contributed by atoms with van der Waals surface area (Å²) in [6.45, 7) is 9.75. The van der Waals surface area contributed by atoms with Gasteiger partial charge in [-0.1, -0.05) is 29.8 Å². The molecule has 0 spiro atoms. The predicted molar refractivity (Wildman–Crippen MR) is 87.5 cm³/mol. The zero-order chi connectivity index (χ0) is 15.4. The fourth-order valence-corrected chi connectivity index (χ4v) is 3.10. The first-order valence-corrected chi connectivity index (χ1v) is 8.16. The van der Waals surface area contributed by atoms with Gasteiger partial charge in [0.05, 0.1) is 6.04 Å². The van der Waals surface area contributed by atoms with E-state index in [1.165, 1.54) is 11.1 Å². The second kappa shape index (κ2) is 7.08. The topological polar surface area (TPSA) is 32.3 Å². The van der Waals surface area contributed by atoms with Crippen LogP contribution in [0.3, 0.4) is 0 Å². The van der Waals surface area contributed by atoms with Crippen LogP contribution in [0.1, 0.15) is 50.7 Å². The minimum Gasteiger partial charge on any atom is -0.342 e. The standard InChI is InChI=1S/C18H28N2O/c1-5-20(6-2)18(21)14(4)19-17-11-16(12-17)15-9-7-13(3)8-10-15/h7-10,14,16-17,19H,5-6,11-12H2,1-4H3. The van der Waals surface area contributed by atoms with E-state index in [2.05, 4.69) is 36.5 Å². The molecular formula is C18H28N2O. The van der Waals surface area contributed by atoms with Crippen molar-refractivity contribution in [1.82, 2.24) is 10.2 Å². The zero-order valence-corrected chi connectivity index (χ0v) is 13.7. The molecule has 1 saturated carbocycles. The number of carbonyl (C=O) groups excluding carboxylic acids is 1. The van der Waals surface area contributed by atoms with Gasteiger partial charge in [-0.3, -0.25) is 4.79 Å². The maximum Gasteiger partial charge on any atom is 0.239 e. The Morgan fingerprint density at radius 1 is 1.24 bits per heavy atom. The summed E-state index contributed by atoms with van der Waals surface area (Å²) < 4.78 is 0. The van der Waals surface area contributed by atoms with Crippen LogP contribution in [0.25, 0.3) is 0 Å². The Balaban J connectivity index is 1.79. The molecule has 1 unspecified atom stereocenters. The van der Waals surface area contributed by atoms with Gasteiger partial charge in [0, 0.05) is 19.1 Å². The third kappa shape index (κ3) is 3.85. The Kier molecular flexibility index (Phi) is 5.40.